The number of amides is 1. The molecular formula is C22H26N2O3. The van der Waals surface area contributed by atoms with E-state index in [0.717, 1.165) is 47.7 Å². The SMILES string of the molecule is Cc1cc(C)cc(NC(=O)CN2CCC[C@H]2c2ccc3c(c2)OCCO3)c1. The lowest BCUT2D eigenvalue weighted by molar-refractivity contribution is -0.117. The largest absolute Gasteiger partial charge is 0.486 e. The van der Waals surface area contributed by atoms with Gasteiger partial charge in [0.15, 0.2) is 11.5 Å². The van der Waals surface area contributed by atoms with Crippen LogP contribution in [0.3, 0.4) is 0 Å². The molecule has 2 heterocycles. The Morgan fingerprint density at radius 1 is 1.07 bits per heavy atom. The lowest BCUT2D eigenvalue weighted by Crippen LogP contribution is -2.33. The molecule has 1 fully saturated rings. The third-order valence-electron chi connectivity index (χ3n) is 5.17. The molecule has 0 spiro atoms. The Hall–Kier alpha value is -2.53. The Balaban J connectivity index is 1.44. The fourth-order valence-electron chi connectivity index (χ4n) is 4.09. The van der Waals surface area contributed by atoms with Crippen LogP contribution in [0.2, 0.25) is 0 Å². The van der Waals surface area contributed by atoms with E-state index in [1.165, 1.54) is 5.56 Å². The minimum atomic E-state index is 0.0319. The maximum absolute atomic E-state index is 12.6. The summed E-state index contributed by atoms with van der Waals surface area (Å²) < 4.78 is 11.3. The minimum Gasteiger partial charge on any atom is -0.486 e. The van der Waals surface area contributed by atoms with Crippen LogP contribution < -0.4 is 14.8 Å². The van der Waals surface area contributed by atoms with Crippen LogP contribution in [0.4, 0.5) is 5.69 Å². The van der Waals surface area contributed by atoms with E-state index in [1.807, 2.05) is 32.0 Å². The van der Waals surface area contributed by atoms with Crippen molar-refractivity contribution in [3.63, 3.8) is 0 Å². The first kappa shape index (κ1) is 17.9. The van der Waals surface area contributed by atoms with Gasteiger partial charge in [0.1, 0.15) is 13.2 Å². The monoisotopic (exact) mass is 366 g/mol. The molecule has 0 aromatic heterocycles. The van der Waals surface area contributed by atoms with Gasteiger partial charge in [0.25, 0.3) is 0 Å². The third kappa shape index (κ3) is 4.08. The van der Waals surface area contributed by atoms with Gasteiger partial charge in [0.05, 0.1) is 6.54 Å². The van der Waals surface area contributed by atoms with Gasteiger partial charge < -0.3 is 14.8 Å². The Morgan fingerprint density at radius 3 is 2.59 bits per heavy atom. The number of hydrogen-bond acceptors (Lipinski definition) is 4. The van der Waals surface area contributed by atoms with Crippen molar-refractivity contribution in [3.8, 4) is 11.5 Å². The predicted octanol–water partition coefficient (Wildman–Crippen LogP) is 3.85. The van der Waals surface area contributed by atoms with Gasteiger partial charge in [0, 0.05) is 11.7 Å². The standard InChI is InChI=1S/C22H26N2O3/c1-15-10-16(2)12-18(11-15)23-22(25)14-24-7-3-4-19(24)17-5-6-20-21(13-17)27-9-8-26-20/h5-6,10-13,19H,3-4,7-9,14H2,1-2H3,(H,23,25)/t19-/m0/s1. The number of rotatable bonds is 4. The van der Waals surface area contributed by atoms with Crippen molar-refractivity contribution in [2.24, 2.45) is 0 Å². The van der Waals surface area contributed by atoms with Crippen molar-refractivity contribution < 1.29 is 14.3 Å². The number of fused-ring (bicyclic) bond motifs is 1. The summed E-state index contributed by atoms with van der Waals surface area (Å²) in [7, 11) is 0. The third-order valence-corrected chi connectivity index (χ3v) is 5.17. The van der Waals surface area contributed by atoms with Gasteiger partial charge in [-0.25, -0.2) is 0 Å². The highest BCUT2D eigenvalue weighted by Gasteiger charge is 2.28. The van der Waals surface area contributed by atoms with E-state index in [0.29, 0.717) is 19.8 Å². The van der Waals surface area contributed by atoms with Crippen LogP contribution in [-0.4, -0.2) is 37.1 Å². The van der Waals surface area contributed by atoms with Crippen molar-refractivity contribution in [1.29, 1.82) is 0 Å². The molecule has 0 unspecified atom stereocenters. The summed E-state index contributed by atoms with van der Waals surface area (Å²) in [6.45, 7) is 6.59. The fraction of sp³-hybridized carbons (Fsp3) is 0.409. The molecule has 5 heteroatoms. The molecule has 0 radical (unpaired) electrons. The fourth-order valence-corrected chi connectivity index (χ4v) is 4.09. The van der Waals surface area contributed by atoms with Crippen LogP contribution in [0.1, 0.15) is 35.6 Å². The summed E-state index contributed by atoms with van der Waals surface area (Å²) in [6.07, 6.45) is 2.15. The molecule has 2 aromatic rings. The first-order chi connectivity index (χ1) is 13.1. The van der Waals surface area contributed by atoms with Gasteiger partial charge in [-0.1, -0.05) is 12.1 Å². The zero-order valence-corrected chi connectivity index (χ0v) is 16.0. The zero-order chi connectivity index (χ0) is 18.8. The number of nitrogens with zero attached hydrogens (tertiary/aromatic N) is 1. The molecule has 1 N–H and O–H groups in total. The highest BCUT2D eigenvalue weighted by molar-refractivity contribution is 5.92. The smallest absolute Gasteiger partial charge is 0.238 e. The van der Waals surface area contributed by atoms with Gasteiger partial charge in [-0.2, -0.15) is 0 Å². The van der Waals surface area contributed by atoms with Gasteiger partial charge >= 0.3 is 0 Å². The summed E-state index contributed by atoms with van der Waals surface area (Å²) in [5, 5.41) is 3.05. The zero-order valence-electron chi connectivity index (χ0n) is 16.0. The number of likely N-dealkylation sites (tertiary alicyclic amines) is 1. The molecule has 0 saturated carbocycles. The summed E-state index contributed by atoms with van der Waals surface area (Å²) in [5.74, 6) is 1.65. The topological polar surface area (TPSA) is 50.8 Å². The molecule has 2 aliphatic heterocycles. The number of ether oxygens (including phenoxy) is 2. The average molecular weight is 366 g/mol. The first-order valence-corrected chi connectivity index (χ1v) is 9.60. The molecular weight excluding hydrogens is 340 g/mol. The molecule has 0 bridgehead atoms. The number of nitrogens with one attached hydrogen (secondary N) is 1. The second kappa shape index (κ2) is 7.61. The minimum absolute atomic E-state index is 0.0319. The van der Waals surface area contributed by atoms with E-state index in [9.17, 15) is 4.79 Å². The quantitative estimate of drug-likeness (QED) is 0.893. The van der Waals surface area contributed by atoms with Gasteiger partial charge in [-0.15, -0.1) is 0 Å². The summed E-state index contributed by atoms with van der Waals surface area (Å²) in [6, 6.07) is 12.5. The van der Waals surface area contributed by atoms with Crippen LogP contribution in [0.25, 0.3) is 0 Å². The number of aryl methyl sites for hydroxylation is 2. The van der Waals surface area contributed by atoms with Crippen LogP contribution in [-0.2, 0) is 4.79 Å². The van der Waals surface area contributed by atoms with E-state index < -0.39 is 0 Å². The number of benzene rings is 2. The summed E-state index contributed by atoms with van der Waals surface area (Å²) in [4.78, 5) is 14.9. The van der Waals surface area contributed by atoms with E-state index in [2.05, 4.69) is 28.4 Å². The Kier molecular flexibility index (Phi) is 5.03. The second-order valence-corrected chi connectivity index (χ2v) is 7.46. The van der Waals surface area contributed by atoms with E-state index in [-0.39, 0.29) is 11.9 Å². The molecule has 4 rings (SSSR count). The Morgan fingerprint density at radius 2 is 1.81 bits per heavy atom. The van der Waals surface area contributed by atoms with Crippen LogP contribution >= 0.6 is 0 Å². The molecule has 5 nitrogen and oxygen atoms in total. The molecule has 2 aliphatic rings. The van der Waals surface area contributed by atoms with Crippen molar-refractivity contribution >= 4 is 11.6 Å². The van der Waals surface area contributed by atoms with Gasteiger partial charge in [-0.05, 0) is 74.2 Å². The number of carbonyl (C=O) groups excluding carboxylic acids is 1. The number of hydrogen-bond donors (Lipinski definition) is 1. The summed E-state index contributed by atoms with van der Waals surface area (Å²) in [5.41, 5.74) is 4.37. The van der Waals surface area contributed by atoms with E-state index in [1.54, 1.807) is 0 Å². The van der Waals surface area contributed by atoms with E-state index >= 15 is 0 Å². The van der Waals surface area contributed by atoms with Crippen LogP contribution in [0, 0.1) is 13.8 Å². The maximum Gasteiger partial charge on any atom is 0.238 e. The first-order valence-electron chi connectivity index (χ1n) is 9.60. The van der Waals surface area contributed by atoms with Crippen LogP contribution in [0.15, 0.2) is 36.4 Å². The molecule has 27 heavy (non-hydrogen) atoms. The van der Waals surface area contributed by atoms with Gasteiger partial charge in [0.2, 0.25) is 5.91 Å². The van der Waals surface area contributed by atoms with E-state index in [4.69, 9.17) is 9.47 Å². The number of carbonyl (C=O) groups is 1. The van der Waals surface area contributed by atoms with Crippen molar-refractivity contribution in [1.82, 2.24) is 4.90 Å². The highest BCUT2D eigenvalue weighted by Crippen LogP contribution is 2.37. The molecule has 2 aromatic carbocycles. The molecule has 0 aliphatic carbocycles. The molecule has 142 valence electrons. The Labute approximate surface area is 160 Å². The molecule has 1 atom stereocenters. The molecule has 1 saturated heterocycles. The lowest BCUT2D eigenvalue weighted by atomic mass is 10.0. The Bertz CT molecular complexity index is 829. The van der Waals surface area contributed by atoms with Crippen LogP contribution in [0.5, 0.6) is 11.5 Å². The van der Waals surface area contributed by atoms with Crippen molar-refractivity contribution in [2.75, 3.05) is 31.6 Å². The lowest BCUT2D eigenvalue weighted by Gasteiger charge is -2.26. The number of anilines is 1. The predicted molar refractivity (Wildman–Crippen MR) is 106 cm³/mol. The highest BCUT2D eigenvalue weighted by atomic mass is 16.6. The second-order valence-electron chi connectivity index (χ2n) is 7.46. The maximum atomic E-state index is 12.6. The summed E-state index contributed by atoms with van der Waals surface area (Å²) >= 11 is 0. The van der Waals surface area contributed by atoms with Crippen molar-refractivity contribution in [3.05, 3.63) is 53.1 Å². The van der Waals surface area contributed by atoms with Crippen molar-refractivity contribution in [2.45, 2.75) is 32.7 Å². The molecule has 1 amide bonds. The van der Waals surface area contributed by atoms with Gasteiger partial charge in [-0.3, -0.25) is 9.69 Å². The average Bonchev–Trinajstić information content (AvgIpc) is 3.08. The normalized spacial score (nSPS) is 19.1.